The zero-order chi connectivity index (χ0) is 43.4. The molecule has 0 aromatic heterocycles. The molecule has 0 heterocycles. The van der Waals surface area contributed by atoms with E-state index in [0.29, 0.717) is 0 Å². The third-order valence-corrected chi connectivity index (χ3v) is 12.5. The van der Waals surface area contributed by atoms with Gasteiger partial charge in [0.1, 0.15) is 0 Å². The number of fused-ring (bicyclic) bond motifs is 1. The van der Waals surface area contributed by atoms with E-state index in [-0.39, 0.29) is 0 Å². The molecule has 0 bridgehead atoms. The molecule has 11 aromatic carbocycles. The van der Waals surface area contributed by atoms with Gasteiger partial charge >= 0.3 is 0 Å². The van der Waals surface area contributed by atoms with E-state index in [9.17, 15) is 0 Å². The predicted molar refractivity (Wildman–Crippen MR) is 277 cm³/mol. The molecule has 11 rings (SSSR count). The Morgan fingerprint density at radius 2 is 0.569 bits per heavy atom. The maximum Gasteiger partial charge on any atom is 0.0540 e. The van der Waals surface area contributed by atoms with E-state index in [2.05, 4.69) is 278 Å². The number of nitrogens with zero attached hydrogens (tertiary/aromatic N) is 1. The van der Waals surface area contributed by atoms with Crippen LogP contribution in [0.4, 0.5) is 17.1 Å². The van der Waals surface area contributed by atoms with Crippen molar-refractivity contribution in [3.8, 4) is 77.9 Å². The molecule has 306 valence electrons. The molecule has 0 radical (unpaired) electrons. The van der Waals surface area contributed by atoms with Crippen molar-refractivity contribution in [2.45, 2.75) is 0 Å². The van der Waals surface area contributed by atoms with Crippen LogP contribution in [0.5, 0.6) is 0 Å². The molecular formula is C64H45N. The standard InChI is InChI=1S/C64H45N/c1-4-18-46(19-5-1)47-34-36-48(37-35-47)49-38-42-54(43-39-49)65(55-44-40-53(41-45-55)57-30-16-25-51-24-10-11-26-56(51)57)63-33-15-14-28-60(63)62-32-17-31-59(52-22-8-3-9-23-52)64(62)61-29-13-12-27-58(61)50-20-6-2-7-21-50/h1-45H. The van der Waals surface area contributed by atoms with E-state index in [1.165, 1.54) is 77.5 Å². The first-order valence-electron chi connectivity index (χ1n) is 22.3. The molecule has 0 atom stereocenters. The molecule has 0 spiro atoms. The van der Waals surface area contributed by atoms with Crippen LogP contribution in [0.25, 0.3) is 88.7 Å². The van der Waals surface area contributed by atoms with Gasteiger partial charge in [-0.3, -0.25) is 0 Å². The van der Waals surface area contributed by atoms with Crippen molar-refractivity contribution in [2.75, 3.05) is 4.90 Å². The topological polar surface area (TPSA) is 3.24 Å². The van der Waals surface area contributed by atoms with Crippen LogP contribution < -0.4 is 4.90 Å². The summed E-state index contributed by atoms with van der Waals surface area (Å²) in [5.41, 5.74) is 19.9. The van der Waals surface area contributed by atoms with Crippen LogP contribution in [0.15, 0.2) is 273 Å². The molecule has 0 fully saturated rings. The van der Waals surface area contributed by atoms with Gasteiger partial charge in [-0.15, -0.1) is 0 Å². The largest absolute Gasteiger partial charge is 0.310 e. The van der Waals surface area contributed by atoms with E-state index in [0.717, 1.165) is 28.2 Å². The fraction of sp³-hybridized carbons (Fsp3) is 0. The summed E-state index contributed by atoms with van der Waals surface area (Å²) in [6.07, 6.45) is 0. The first-order valence-corrected chi connectivity index (χ1v) is 22.3. The monoisotopic (exact) mass is 827 g/mol. The Labute approximate surface area is 381 Å². The van der Waals surface area contributed by atoms with Crippen LogP contribution in [-0.2, 0) is 0 Å². The molecule has 0 saturated heterocycles. The van der Waals surface area contributed by atoms with Gasteiger partial charge in [-0.05, 0) is 113 Å². The lowest BCUT2D eigenvalue weighted by Gasteiger charge is -2.29. The van der Waals surface area contributed by atoms with Crippen molar-refractivity contribution in [1.82, 2.24) is 0 Å². The lowest BCUT2D eigenvalue weighted by molar-refractivity contribution is 1.28. The number of hydrogen-bond acceptors (Lipinski definition) is 1. The maximum atomic E-state index is 2.42. The lowest BCUT2D eigenvalue weighted by Crippen LogP contribution is -2.11. The molecule has 0 aliphatic carbocycles. The van der Waals surface area contributed by atoms with Gasteiger partial charge in [0.2, 0.25) is 0 Å². The van der Waals surface area contributed by atoms with Crippen LogP contribution in [0, 0.1) is 0 Å². The molecule has 0 aliphatic heterocycles. The summed E-state index contributed by atoms with van der Waals surface area (Å²) in [4.78, 5) is 2.42. The van der Waals surface area contributed by atoms with Gasteiger partial charge in [0.15, 0.2) is 0 Å². The molecule has 1 nitrogen and oxygen atoms in total. The highest BCUT2D eigenvalue weighted by atomic mass is 15.1. The summed E-state index contributed by atoms with van der Waals surface area (Å²) in [6, 6.07) is 98.9. The van der Waals surface area contributed by atoms with Gasteiger partial charge in [-0.1, -0.05) is 243 Å². The van der Waals surface area contributed by atoms with Gasteiger partial charge in [-0.25, -0.2) is 0 Å². The molecule has 0 saturated carbocycles. The lowest BCUT2D eigenvalue weighted by atomic mass is 9.84. The average molecular weight is 828 g/mol. The third-order valence-electron chi connectivity index (χ3n) is 12.5. The second kappa shape index (κ2) is 17.7. The number of benzene rings is 11. The van der Waals surface area contributed by atoms with Crippen molar-refractivity contribution in [3.63, 3.8) is 0 Å². The molecule has 1 heteroatoms. The summed E-state index contributed by atoms with van der Waals surface area (Å²) in [6.45, 7) is 0. The normalized spacial score (nSPS) is 11.1. The van der Waals surface area contributed by atoms with Gasteiger partial charge < -0.3 is 4.90 Å². The van der Waals surface area contributed by atoms with E-state index < -0.39 is 0 Å². The minimum Gasteiger partial charge on any atom is -0.310 e. The van der Waals surface area contributed by atoms with Crippen molar-refractivity contribution < 1.29 is 0 Å². The van der Waals surface area contributed by atoms with Crippen molar-refractivity contribution in [3.05, 3.63) is 273 Å². The maximum absolute atomic E-state index is 2.42. The van der Waals surface area contributed by atoms with E-state index in [4.69, 9.17) is 0 Å². The predicted octanol–water partition coefficient (Wildman–Crippen LogP) is 18.0. The first kappa shape index (κ1) is 39.3. The summed E-state index contributed by atoms with van der Waals surface area (Å²) in [7, 11) is 0. The number of para-hydroxylation sites is 1. The van der Waals surface area contributed by atoms with Gasteiger partial charge in [0.25, 0.3) is 0 Å². The molecular weight excluding hydrogens is 783 g/mol. The van der Waals surface area contributed by atoms with Crippen molar-refractivity contribution >= 4 is 27.8 Å². The molecule has 0 amide bonds. The van der Waals surface area contributed by atoms with E-state index in [1.54, 1.807) is 0 Å². The minimum absolute atomic E-state index is 1.07. The Bertz CT molecular complexity index is 3370. The first-order chi connectivity index (χ1) is 32.3. The van der Waals surface area contributed by atoms with Gasteiger partial charge in [0, 0.05) is 16.9 Å². The molecule has 0 N–H and O–H groups in total. The Morgan fingerprint density at radius 3 is 1.20 bits per heavy atom. The van der Waals surface area contributed by atoms with Crippen LogP contribution in [0.2, 0.25) is 0 Å². The highest BCUT2D eigenvalue weighted by Gasteiger charge is 2.23. The van der Waals surface area contributed by atoms with Crippen LogP contribution >= 0.6 is 0 Å². The third kappa shape index (κ3) is 7.82. The highest BCUT2D eigenvalue weighted by Crippen LogP contribution is 2.48. The van der Waals surface area contributed by atoms with Gasteiger partial charge in [-0.2, -0.15) is 0 Å². The van der Waals surface area contributed by atoms with Crippen LogP contribution in [0.1, 0.15) is 0 Å². The van der Waals surface area contributed by atoms with Crippen molar-refractivity contribution in [1.29, 1.82) is 0 Å². The van der Waals surface area contributed by atoms with E-state index >= 15 is 0 Å². The quantitative estimate of drug-likeness (QED) is 0.133. The highest BCUT2D eigenvalue weighted by molar-refractivity contribution is 6.03. The van der Waals surface area contributed by atoms with Crippen molar-refractivity contribution in [2.24, 2.45) is 0 Å². The minimum atomic E-state index is 1.07. The second-order valence-electron chi connectivity index (χ2n) is 16.4. The number of anilines is 3. The zero-order valence-electron chi connectivity index (χ0n) is 35.9. The summed E-state index contributed by atoms with van der Waals surface area (Å²) in [5, 5.41) is 2.49. The summed E-state index contributed by atoms with van der Waals surface area (Å²) in [5.74, 6) is 0. The Hall–Kier alpha value is -8.52. The smallest absolute Gasteiger partial charge is 0.0540 e. The Morgan fingerprint density at radius 1 is 0.200 bits per heavy atom. The Balaban J connectivity index is 1.08. The average Bonchev–Trinajstić information content (AvgIpc) is 3.40. The fourth-order valence-electron chi connectivity index (χ4n) is 9.38. The number of rotatable bonds is 10. The molecule has 0 unspecified atom stereocenters. The summed E-state index contributed by atoms with van der Waals surface area (Å²) < 4.78 is 0. The summed E-state index contributed by atoms with van der Waals surface area (Å²) >= 11 is 0. The molecule has 0 aliphatic rings. The SMILES string of the molecule is c1ccc(-c2ccc(-c3ccc(N(c4ccc(-c5cccc6ccccc56)cc4)c4ccccc4-c4cccc(-c5ccccc5)c4-c4ccccc4-c4ccccc4)cc3)cc2)cc1. The fourth-order valence-corrected chi connectivity index (χ4v) is 9.38. The van der Waals surface area contributed by atoms with Crippen LogP contribution in [-0.4, -0.2) is 0 Å². The molecule has 65 heavy (non-hydrogen) atoms. The Kier molecular flexibility index (Phi) is 10.7. The number of hydrogen-bond donors (Lipinski definition) is 0. The second-order valence-corrected chi connectivity index (χ2v) is 16.4. The van der Waals surface area contributed by atoms with Crippen LogP contribution in [0.3, 0.4) is 0 Å². The van der Waals surface area contributed by atoms with Gasteiger partial charge in [0.05, 0.1) is 5.69 Å². The van der Waals surface area contributed by atoms with E-state index in [1.807, 2.05) is 0 Å². The molecule has 11 aromatic rings. The zero-order valence-corrected chi connectivity index (χ0v) is 35.9.